The molecule has 1 aliphatic heterocycles. The molecular weight excluding hydrogens is 196 g/mol. The maximum absolute atomic E-state index is 3.83. The van der Waals surface area contributed by atoms with Gasteiger partial charge in [0.05, 0.1) is 0 Å². The summed E-state index contributed by atoms with van der Waals surface area (Å²) >= 11 is 0. The van der Waals surface area contributed by atoms with Crippen molar-refractivity contribution < 1.29 is 0 Å². The van der Waals surface area contributed by atoms with Crippen LogP contribution < -0.4 is 5.32 Å². The van der Waals surface area contributed by atoms with Gasteiger partial charge in [-0.1, -0.05) is 26.8 Å². The van der Waals surface area contributed by atoms with Gasteiger partial charge in [0, 0.05) is 31.2 Å². The summed E-state index contributed by atoms with van der Waals surface area (Å²) in [6, 6.07) is 0.714. The van der Waals surface area contributed by atoms with Gasteiger partial charge in [0.25, 0.3) is 0 Å². The first-order valence-corrected chi connectivity index (χ1v) is 6.81. The Morgan fingerprint density at radius 1 is 1.38 bits per heavy atom. The second-order valence-electron chi connectivity index (χ2n) is 4.98. The molecule has 0 aliphatic carbocycles. The third-order valence-electron chi connectivity index (χ3n) is 4.18. The number of rotatable bonds is 6. The highest BCUT2D eigenvalue weighted by atomic mass is 15.2. The zero-order valence-electron chi connectivity index (χ0n) is 11.3. The molecule has 1 atom stereocenters. The van der Waals surface area contributed by atoms with Gasteiger partial charge in [-0.25, -0.2) is 0 Å². The van der Waals surface area contributed by atoms with E-state index < -0.39 is 0 Å². The van der Waals surface area contributed by atoms with Crippen LogP contribution in [0.5, 0.6) is 0 Å². The van der Waals surface area contributed by atoms with Gasteiger partial charge in [-0.3, -0.25) is 4.90 Å². The van der Waals surface area contributed by atoms with E-state index in [9.17, 15) is 0 Å². The van der Waals surface area contributed by atoms with Crippen molar-refractivity contribution in [2.75, 3.05) is 19.6 Å². The number of nitrogens with one attached hydrogen (secondary N) is 1. The fourth-order valence-corrected chi connectivity index (χ4v) is 2.68. The molecule has 1 heterocycles. The van der Waals surface area contributed by atoms with Crippen molar-refractivity contribution in [3.63, 3.8) is 0 Å². The summed E-state index contributed by atoms with van der Waals surface area (Å²) in [6.45, 7) is 14.2. The molecule has 0 aromatic carbocycles. The molecule has 0 radical (unpaired) electrons. The maximum Gasteiger partial charge on any atom is 0.0304 e. The van der Waals surface area contributed by atoms with E-state index in [1.807, 2.05) is 6.08 Å². The molecule has 16 heavy (non-hydrogen) atoms. The minimum atomic E-state index is 0.354. The zero-order chi connectivity index (χ0) is 12.0. The van der Waals surface area contributed by atoms with Gasteiger partial charge in [0.1, 0.15) is 0 Å². The molecule has 0 aromatic heterocycles. The summed E-state index contributed by atoms with van der Waals surface area (Å²) in [5, 5.41) is 3.77. The van der Waals surface area contributed by atoms with Crippen LogP contribution in [0.3, 0.4) is 0 Å². The smallest absolute Gasteiger partial charge is 0.0304 e. The van der Waals surface area contributed by atoms with Crippen LogP contribution in [0.1, 0.15) is 46.5 Å². The molecule has 2 heteroatoms. The van der Waals surface area contributed by atoms with Crippen LogP contribution in [0.4, 0.5) is 0 Å². The summed E-state index contributed by atoms with van der Waals surface area (Å²) < 4.78 is 0. The number of hydrogen-bond acceptors (Lipinski definition) is 2. The third-order valence-corrected chi connectivity index (χ3v) is 4.18. The lowest BCUT2D eigenvalue weighted by Gasteiger charge is -2.47. The van der Waals surface area contributed by atoms with Crippen molar-refractivity contribution in [3.8, 4) is 0 Å². The zero-order valence-corrected chi connectivity index (χ0v) is 11.3. The molecule has 1 unspecified atom stereocenters. The number of hydrogen-bond donors (Lipinski definition) is 1. The molecule has 1 aliphatic rings. The van der Waals surface area contributed by atoms with E-state index >= 15 is 0 Å². The van der Waals surface area contributed by atoms with E-state index in [1.54, 1.807) is 0 Å². The van der Waals surface area contributed by atoms with E-state index in [-0.39, 0.29) is 0 Å². The topological polar surface area (TPSA) is 15.3 Å². The predicted molar refractivity (Wildman–Crippen MR) is 71.8 cm³/mol. The fourth-order valence-electron chi connectivity index (χ4n) is 2.68. The molecular formula is C14H28N2. The molecule has 2 nitrogen and oxygen atoms in total. The van der Waals surface area contributed by atoms with Crippen molar-refractivity contribution >= 4 is 0 Å². The Morgan fingerprint density at radius 3 is 2.56 bits per heavy atom. The van der Waals surface area contributed by atoms with Crippen LogP contribution in [-0.4, -0.2) is 36.1 Å². The minimum Gasteiger partial charge on any atom is -0.308 e. The highest BCUT2D eigenvalue weighted by molar-refractivity contribution is 4.96. The monoisotopic (exact) mass is 224 g/mol. The second kappa shape index (κ2) is 6.41. The first-order chi connectivity index (χ1) is 7.71. The first kappa shape index (κ1) is 13.7. The van der Waals surface area contributed by atoms with E-state index in [1.165, 1.54) is 32.4 Å². The molecule has 94 valence electrons. The maximum atomic E-state index is 3.83. The fraction of sp³-hybridized carbons (Fsp3) is 0.857. The first-order valence-electron chi connectivity index (χ1n) is 6.81. The summed E-state index contributed by atoms with van der Waals surface area (Å²) in [7, 11) is 0. The van der Waals surface area contributed by atoms with Crippen molar-refractivity contribution in [2.24, 2.45) is 0 Å². The Bertz CT molecular complexity index is 209. The molecule has 1 N–H and O–H groups in total. The van der Waals surface area contributed by atoms with Crippen LogP contribution in [-0.2, 0) is 0 Å². The Balaban J connectivity index is 2.63. The average molecular weight is 224 g/mol. The highest BCUT2D eigenvalue weighted by Crippen LogP contribution is 2.23. The molecule has 1 saturated heterocycles. The molecule has 0 spiro atoms. The Morgan fingerprint density at radius 2 is 2.06 bits per heavy atom. The van der Waals surface area contributed by atoms with E-state index in [2.05, 4.69) is 37.6 Å². The Hall–Kier alpha value is -0.340. The summed E-state index contributed by atoms with van der Waals surface area (Å²) in [5.41, 5.74) is 0.354. The largest absolute Gasteiger partial charge is 0.308 e. The van der Waals surface area contributed by atoms with E-state index in [4.69, 9.17) is 0 Å². The van der Waals surface area contributed by atoms with Crippen molar-refractivity contribution in [1.82, 2.24) is 10.2 Å². The average Bonchev–Trinajstić information content (AvgIpc) is 2.35. The number of nitrogens with zero attached hydrogens (tertiary/aromatic N) is 1. The Labute approximate surface area is 101 Å². The lowest BCUT2D eigenvalue weighted by Crippen LogP contribution is -2.63. The molecule has 0 amide bonds. The van der Waals surface area contributed by atoms with E-state index in [0.29, 0.717) is 11.6 Å². The van der Waals surface area contributed by atoms with Gasteiger partial charge in [-0.05, 0) is 25.7 Å². The minimum absolute atomic E-state index is 0.354. The van der Waals surface area contributed by atoms with Gasteiger partial charge in [0.15, 0.2) is 0 Å². The molecule has 0 aromatic rings. The molecule has 0 bridgehead atoms. The van der Waals surface area contributed by atoms with E-state index in [0.717, 1.165) is 13.0 Å². The second-order valence-corrected chi connectivity index (χ2v) is 4.98. The Kier molecular flexibility index (Phi) is 5.50. The van der Waals surface area contributed by atoms with Crippen LogP contribution in [0.15, 0.2) is 12.7 Å². The van der Waals surface area contributed by atoms with Gasteiger partial charge < -0.3 is 5.32 Å². The molecule has 0 saturated carbocycles. The lowest BCUT2D eigenvalue weighted by atomic mass is 9.88. The molecule has 1 fully saturated rings. The lowest BCUT2D eigenvalue weighted by molar-refractivity contribution is 0.0722. The summed E-state index contributed by atoms with van der Waals surface area (Å²) in [6.07, 6.45) is 6.84. The van der Waals surface area contributed by atoms with Crippen LogP contribution in [0.25, 0.3) is 0 Å². The van der Waals surface area contributed by atoms with Crippen LogP contribution in [0.2, 0.25) is 0 Å². The quantitative estimate of drug-likeness (QED) is 0.698. The van der Waals surface area contributed by atoms with Crippen LogP contribution in [0, 0.1) is 0 Å². The number of piperazine rings is 1. The molecule has 1 rings (SSSR count). The van der Waals surface area contributed by atoms with Gasteiger partial charge in [-0.2, -0.15) is 0 Å². The van der Waals surface area contributed by atoms with Crippen molar-refractivity contribution in [1.29, 1.82) is 0 Å². The van der Waals surface area contributed by atoms with Gasteiger partial charge in [-0.15, -0.1) is 6.58 Å². The normalized spacial score (nSPS) is 25.6. The summed E-state index contributed by atoms with van der Waals surface area (Å²) in [4.78, 5) is 2.66. The van der Waals surface area contributed by atoms with Crippen molar-refractivity contribution in [3.05, 3.63) is 12.7 Å². The predicted octanol–water partition coefficient (Wildman–Crippen LogP) is 2.81. The van der Waals surface area contributed by atoms with Crippen molar-refractivity contribution in [2.45, 2.75) is 58.0 Å². The summed E-state index contributed by atoms with van der Waals surface area (Å²) in [5.74, 6) is 0. The van der Waals surface area contributed by atoms with Gasteiger partial charge >= 0.3 is 0 Å². The van der Waals surface area contributed by atoms with Gasteiger partial charge in [0.2, 0.25) is 0 Å². The highest BCUT2D eigenvalue weighted by Gasteiger charge is 2.35. The third kappa shape index (κ3) is 3.08. The van der Waals surface area contributed by atoms with Crippen LogP contribution >= 0.6 is 0 Å². The SMILES string of the molecule is C=CCCN1CC(CC)(CC)NCC1CC. The standard InChI is InChI=1S/C14H28N2/c1-5-9-10-16-12-14(7-3,8-4)15-11-13(16)6-2/h5,13,15H,1,6-12H2,2-4H3.